The van der Waals surface area contributed by atoms with Gasteiger partial charge in [0, 0.05) is 17.7 Å². The van der Waals surface area contributed by atoms with Crippen molar-refractivity contribution in [3.63, 3.8) is 0 Å². The number of thiazole rings is 1. The maximum Gasteiger partial charge on any atom is 0.283 e. The van der Waals surface area contributed by atoms with Gasteiger partial charge in [-0.2, -0.15) is 10.3 Å². The molecule has 0 N–H and O–H groups in total. The molecule has 0 unspecified atom stereocenters. The van der Waals surface area contributed by atoms with Gasteiger partial charge in [0.25, 0.3) is 5.91 Å². The molecule has 3 rings (SSSR count). The molecule has 0 bridgehead atoms. The molecule has 0 aliphatic carbocycles. The maximum absolute atomic E-state index is 12.9. The third kappa shape index (κ3) is 4.51. The van der Waals surface area contributed by atoms with Crippen LogP contribution in [0.1, 0.15) is 54.4 Å². The highest BCUT2D eigenvalue weighted by atomic mass is 32.1. The van der Waals surface area contributed by atoms with Gasteiger partial charge in [0.15, 0.2) is 4.80 Å². The fourth-order valence-corrected chi connectivity index (χ4v) is 4.10. The van der Waals surface area contributed by atoms with Crippen molar-refractivity contribution in [2.45, 2.75) is 51.7 Å². The lowest BCUT2D eigenvalue weighted by Crippen LogP contribution is -2.23. The highest BCUT2D eigenvalue weighted by Gasteiger charge is 2.22. The summed E-state index contributed by atoms with van der Waals surface area (Å²) in [5, 5.41) is 9.14. The molecule has 7 heteroatoms. The van der Waals surface area contributed by atoms with Gasteiger partial charge in [-0.05, 0) is 36.5 Å². The lowest BCUT2D eigenvalue weighted by molar-refractivity contribution is 0.0948. The Balaban J connectivity index is 2.03. The number of carbonyl (C=O) groups excluding carboxylic acids is 1. The average molecular weight is 400 g/mol. The Labute approximate surface area is 169 Å². The van der Waals surface area contributed by atoms with E-state index < -0.39 is 5.91 Å². The number of nitrogens with zero attached hydrogens (tertiary/aromatic N) is 3. The zero-order valence-corrected chi connectivity index (χ0v) is 17.5. The van der Waals surface area contributed by atoms with E-state index in [0.29, 0.717) is 22.7 Å². The second kappa shape index (κ2) is 8.29. The van der Waals surface area contributed by atoms with E-state index >= 15 is 0 Å². The molecule has 1 amide bonds. The molecule has 0 spiro atoms. The van der Waals surface area contributed by atoms with Crippen LogP contribution in [0.5, 0.6) is 5.75 Å². The zero-order chi connectivity index (χ0) is 20.3. The normalized spacial score (nSPS) is 17.5. The molecular formula is C21H25N3O3S. The zero-order valence-electron chi connectivity index (χ0n) is 16.7. The Morgan fingerprint density at radius 3 is 2.86 bits per heavy atom. The molecule has 1 atom stereocenters. The van der Waals surface area contributed by atoms with E-state index in [4.69, 9.17) is 14.7 Å². The standard InChI is InChI=1S/C21H25N3O3S/c1-21(2,3)18-13-24(12-15-6-5-9-27-15)20(28-18)23-19(25)16-10-14(11-22)7-8-17(16)26-4/h7-8,10,13,15H,5-6,9,12H2,1-4H3/b23-20-/t15-/m1/s1. The first-order chi connectivity index (χ1) is 13.3. The van der Waals surface area contributed by atoms with E-state index in [1.165, 1.54) is 24.5 Å². The summed E-state index contributed by atoms with van der Waals surface area (Å²) in [5.74, 6) is -0.0108. The Kier molecular flexibility index (Phi) is 6.01. The third-order valence-electron chi connectivity index (χ3n) is 4.64. The van der Waals surface area contributed by atoms with Gasteiger partial charge >= 0.3 is 0 Å². The van der Waals surface area contributed by atoms with E-state index in [9.17, 15) is 4.79 Å². The summed E-state index contributed by atoms with van der Waals surface area (Å²) in [7, 11) is 1.50. The SMILES string of the molecule is COc1ccc(C#N)cc1C(=O)/N=c1\sc(C(C)(C)C)cn1C[C@H]1CCCO1. The number of ether oxygens (including phenoxy) is 2. The number of hydrogen-bond acceptors (Lipinski definition) is 5. The van der Waals surface area contributed by atoms with Crippen LogP contribution in [0.15, 0.2) is 29.4 Å². The van der Waals surface area contributed by atoms with E-state index in [1.807, 2.05) is 4.57 Å². The first-order valence-corrected chi connectivity index (χ1v) is 10.1. The fourth-order valence-electron chi connectivity index (χ4n) is 3.04. The van der Waals surface area contributed by atoms with E-state index in [1.54, 1.807) is 12.1 Å². The van der Waals surface area contributed by atoms with Crippen LogP contribution in [0.3, 0.4) is 0 Å². The minimum atomic E-state index is -0.419. The van der Waals surface area contributed by atoms with Crippen molar-refractivity contribution in [1.29, 1.82) is 5.26 Å². The second-order valence-electron chi connectivity index (χ2n) is 7.86. The topological polar surface area (TPSA) is 76.6 Å². The van der Waals surface area contributed by atoms with Crippen LogP contribution in [0, 0.1) is 11.3 Å². The van der Waals surface area contributed by atoms with Crippen molar-refractivity contribution in [2.75, 3.05) is 13.7 Å². The average Bonchev–Trinajstić information content (AvgIpc) is 3.31. The van der Waals surface area contributed by atoms with Gasteiger partial charge in [0.1, 0.15) is 5.75 Å². The number of nitriles is 1. The molecule has 1 aromatic carbocycles. The lowest BCUT2D eigenvalue weighted by Gasteiger charge is -2.15. The molecule has 0 radical (unpaired) electrons. The molecule has 0 saturated carbocycles. The summed E-state index contributed by atoms with van der Waals surface area (Å²) >= 11 is 1.51. The molecule has 6 nitrogen and oxygen atoms in total. The van der Waals surface area contributed by atoms with Gasteiger partial charge in [0.2, 0.25) is 0 Å². The highest BCUT2D eigenvalue weighted by Crippen LogP contribution is 2.26. The summed E-state index contributed by atoms with van der Waals surface area (Å²) in [4.78, 5) is 19.1. The molecule has 148 valence electrons. The minimum absolute atomic E-state index is 0.0435. The third-order valence-corrected chi connectivity index (χ3v) is 6.09. The highest BCUT2D eigenvalue weighted by molar-refractivity contribution is 7.09. The summed E-state index contributed by atoms with van der Waals surface area (Å²) < 4.78 is 13.1. The number of amides is 1. The quantitative estimate of drug-likeness (QED) is 0.786. The van der Waals surface area contributed by atoms with Gasteiger partial charge in [0.05, 0.1) is 37.0 Å². The number of carbonyl (C=O) groups is 1. The molecule has 1 aliphatic rings. The molecule has 2 aromatic rings. The minimum Gasteiger partial charge on any atom is -0.496 e. The number of aromatic nitrogens is 1. The Morgan fingerprint density at radius 2 is 2.25 bits per heavy atom. The van der Waals surface area contributed by atoms with Crippen LogP contribution >= 0.6 is 11.3 Å². The molecule has 1 aromatic heterocycles. The van der Waals surface area contributed by atoms with Crippen LogP contribution < -0.4 is 9.54 Å². The summed E-state index contributed by atoms with van der Waals surface area (Å²) in [5.41, 5.74) is 0.641. The lowest BCUT2D eigenvalue weighted by atomic mass is 9.95. The first-order valence-electron chi connectivity index (χ1n) is 9.31. The maximum atomic E-state index is 12.9. The van der Waals surface area contributed by atoms with Crippen molar-refractivity contribution in [3.8, 4) is 11.8 Å². The van der Waals surface area contributed by atoms with Crippen LogP contribution in [0.2, 0.25) is 0 Å². The smallest absolute Gasteiger partial charge is 0.283 e. The molecule has 28 heavy (non-hydrogen) atoms. The van der Waals surface area contributed by atoms with Crippen molar-refractivity contribution < 1.29 is 14.3 Å². The van der Waals surface area contributed by atoms with Crippen molar-refractivity contribution >= 4 is 17.2 Å². The number of benzene rings is 1. The number of hydrogen-bond donors (Lipinski definition) is 0. The van der Waals surface area contributed by atoms with E-state index in [-0.39, 0.29) is 17.1 Å². The fraction of sp³-hybridized carbons (Fsp3) is 0.476. The van der Waals surface area contributed by atoms with Gasteiger partial charge in [-0.15, -0.1) is 11.3 Å². The second-order valence-corrected chi connectivity index (χ2v) is 8.87. The predicted octanol–water partition coefficient (Wildman–Crippen LogP) is 3.65. The molecular weight excluding hydrogens is 374 g/mol. The number of rotatable bonds is 4. The van der Waals surface area contributed by atoms with E-state index in [0.717, 1.165) is 24.3 Å². The van der Waals surface area contributed by atoms with Gasteiger partial charge in [-0.1, -0.05) is 20.8 Å². The van der Waals surface area contributed by atoms with Crippen molar-refractivity contribution in [2.24, 2.45) is 4.99 Å². The predicted molar refractivity (Wildman–Crippen MR) is 108 cm³/mol. The Morgan fingerprint density at radius 1 is 1.46 bits per heavy atom. The Bertz CT molecular complexity index is 970. The van der Waals surface area contributed by atoms with Crippen molar-refractivity contribution in [3.05, 3.63) is 45.2 Å². The van der Waals surface area contributed by atoms with Crippen LogP contribution in [0.4, 0.5) is 0 Å². The summed E-state index contributed by atoms with van der Waals surface area (Å²) in [6, 6.07) is 6.82. The van der Waals surface area contributed by atoms with Gasteiger partial charge in [-0.3, -0.25) is 4.79 Å². The molecule has 2 heterocycles. The largest absolute Gasteiger partial charge is 0.496 e. The monoisotopic (exact) mass is 399 g/mol. The molecule has 1 aliphatic heterocycles. The van der Waals surface area contributed by atoms with E-state index in [2.05, 4.69) is 38.0 Å². The first kappa shape index (κ1) is 20.3. The Hall–Kier alpha value is -2.43. The molecule has 1 saturated heterocycles. The van der Waals surface area contributed by atoms with Gasteiger partial charge in [-0.25, -0.2) is 0 Å². The molecule has 1 fully saturated rings. The van der Waals surface area contributed by atoms with Gasteiger partial charge < -0.3 is 14.0 Å². The summed E-state index contributed by atoms with van der Waals surface area (Å²) in [6.45, 7) is 7.87. The van der Waals surface area contributed by atoms with Crippen LogP contribution in [-0.4, -0.2) is 30.3 Å². The van der Waals surface area contributed by atoms with Crippen LogP contribution in [0.25, 0.3) is 0 Å². The number of methoxy groups -OCH3 is 1. The van der Waals surface area contributed by atoms with Crippen molar-refractivity contribution in [1.82, 2.24) is 4.57 Å². The van der Waals surface area contributed by atoms with Crippen LogP contribution in [-0.2, 0) is 16.7 Å². The summed E-state index contributed by atoms with van der Waals surface area (Å²) in [6.07, 6.45) is 4.29.